The van der Waals surface area contributed by atoms with E-state index in [2.05, 4.69) is 15.3 Å². The van der Waals surface area contributed by atoms with E-state index in [0.29, 0.717) is 33.0 Å². The summed E-state index contributed by atoms with van der Waals surface area (Å²) >= 11 is 1.32. The van der Waals surface area contributed by atoms with Crippen LogP contribution in [0, 0.1) is 0 Å². The minimum atomic E-state index is -0.597. The van der Waals surface area contributed by atoms with Crippen LogP contribution in [0.3, 0.4) is 0 Å². The van der Waals surface area contributed by atoms with Gasteiger partial charge >= 0.3 is 5.97 Å². The molecule has 0 aliphatic heterocycles. The van der Waals surface area contributed by atoms with Crippen molar-refractivity contribution >= 4 is 49.5 Å². The lowest BCUT2D eigenvalue weighted by Crippen LogP contribution is -2.21. The summed E-state index contributed by atoms with van der Waals surface area (Å²) in [6.45, 7) is -0.435. The summed E-state index contributed by atoms with van der Waals surface area (Å²) in [6, 6.07) is 24.1. The quantitative estimate of drug-likeness (QED) is 0.339. The summed E-state index contributed by atoms with van der Waals surface area (Å²) in [6.07, 6.45) is 0. The van der Waals surface area contributed by atoms with E-state index in [1.54, 1.807) is 19.2 Å². The Labute approximate surface area is 199 Å². The van der Waals surface area contributed by atoms with E-state index in [0.717, 1.165) is 15.8 Å². The molecule has 8 heteroatoms. The molecule has 0 radical (unpaired) electrons. The van der Waals surface area contributed by atoms with E-state index < -0.39 is 18.5 Å². The van der Waals surface area contributed by atoms with Gasteiger partial charge in [0.15, 0.2) is 11.7 Å². The van der Waals surface area contributed by atoms with Crippen molar-refractivity contribution in [3.63, 3.8) is 0 Å². The van der Waals surface area contributed by atoms with Gasteiger partial charge in [-0.05, 0) is 30.3 Å². The van der Waals surface area contributed by atoms with Crippen LogP contribution >= 0.6 is 11.3 Å². The first-order valence-electron chi connectivity index (χ1n) is 10.5. The highest BCUT2D eigenvalue weighted by Crippen LogP contribution is 2.29. The molecule has 0 fully saturated rings. The van der Waals surface area contributed by atoms with Crippen molar-refractivity contribution in [1.82, 2.24) is 9.97 Å². The molecule has 1 N–H and O–H groups in total. The minimum absolute atomic E-state index is 0.351. The van der Waals surface area contributed by atoms with Crippen molar-refractivity contribution in [2.24, 2.45) is 0 Å². The Morgan fingerprint density at radius 2 is 1.71 bits per heavy atom. The second-order valence-electron chi connectivity index (χ2n) is 7.42. The standard InChI is InChI=1S/C26H19N3O4S/c1-32-17-11-12-21-23(13-17)34-26(28-21)29-24(30)15-33-25(31)19-14-22(16-7-3-2-4-8-16)27-20-10-6-5-9-18(19)20/h2-14H,15H2,1H3,(H,28,29,30). The van der Waals surface area contributed by atoms with E-state index in [1.807, 2.05) is 66.7 Å². The van der Waals surface area contributed by atoms with Crippen LogP contribution in [-0.2, 0) is 9.53 Å². The van der Waals surface area contributed by atoms with Crippen molar-refractivity contribution < 1.29 is 19.1 Å². The highest BCUT2D eigenvalue weighted by molar-refractivity contribution is 7.22. The summed E-state index contributed by atoms with van der Waals surface area (Å²) in [5.41, 5.74) is 3.30. The van der Waals surface area contributed by atoms with Crippen LogP contribution in [0.5, 0.6) is 5.75 Å². The molecule has 5 rings (SSSR count). The first kappa shape index (κ1) is 21.5. The molecule has 0 saturated heterocycles. The first-order chi connectivity index (χ1) is 16.6. The van der Waals surface area contributed by atoms with Gasteiger partial charge < -0.3 is 9.47 Å². The maximum Gasteiger partial charge on any atom is 0.339 e. The van der Waals surface area contributed by atoms with Crippen molar-refractivity contribution in [1.29, 1.82) is 0 Å². The van der Waals surface area contributed by atoms with E-state index in [1.165, 1.54) is 11.3 Å². The Morgan fingerprint density at radius 1 is 0.912 bits per heavy atom. The fraction of sp³-hybridized carbons (Fsp3) is 0.0769. The molecule has 0 unspecified atom stereocenters. The smallest absolute Gasteiger partial charge is 0.339 e. The second kappa shape index (κ2) is 9.29. The fourth-order valence-electron chi connectivity index (χ4n) is 3.55. The predicted molar refractivity (Wildman–Crippen MR) is 132 cm³/mol. The highest BCUT2D eigenvalue weighted by atomic mass is 32.1. The number of para-hydroxylation sites is 1. The number of fused-ring (bicyclic) bond motifs is 2. The van der Waals surface area contributed by atoms with Gasteiger partial charge in [-0.1, -0.05) is 59.9 Å². The zero-order valence-electron chi connectivity index (χ0n) is 18.1. The van der Waals surface area contributed by atoms with Crippen molar-refractivity contribution in [3.05, 3.63) is 84.4 Å². The predicted octanol–water partition coefficient (Wildman–Crippen LogP) is 5.32. The number of methoxy groups -OCH3 is 1. The number of aromatic nitrogens is 2. The second-order valence-corrected chi connectivity index (χ2v) is 8.45. The lowest BCUT2D eigenvalue weighted by Gasteiger charge is -2.10. The number of pyridine rings is 1. The average molecular weight is 470 g/mol. The number of hydrogen-bond acceptors (Lipinski definition) is 7. The van der Waals surface area contributed by atoms with Gasteiger partial charge in [-0.25, -0.2) is 14.8 Å². The maximum absolute atomic E-state index is 13.0. The van der Waals surface area contributed by atoms with Crippen molar-refractivity contribution in [2.75, 3.05) is 19.0 Å². The molecule has 0 bridgehead atoms. The van der Waals surface area contributed by atoms with E-state index in [4.69, 9.17) is 9.47 Å². The van der Waals surface area contributed by atoms with Crippen LogP contribution in [0.4, 0.5) is 5.13 Å². The summed E-state index contributed by atoms with van der Waals surface area (Å²) in [7, 11) is 1.59. The lowest BCUT2D eigenvalue weighted by molar-refractivity contribution is -0.119. The van der Waals surface area contributed by atoms with Gasteiger partial charge in [0.25, 0.3) is 5.91 Å². The van der Waals surface area contributed by atoms with Crippen LogP contribution < -0.4 is 10.1 Å². The van der Waals surface area contributed by atoms with Gasteiger partial charge in [-0.15, -0.1) is 0 Å². The fourth-order valence-corrected chi connectivity index (χ4v) is 4.46. The number of nitrogens with one attached hydrogen (secondary N) is 1. The number of carbonyl (C=O) groups is 2. The highest BCUT2D eigenvalue weighted by Gasteiger charge is 2.17. The minimum Gasteiger partial charge on any atom is -0.497 e. The topological polar surface area (TPSA) is 90.4 Å². The number of nitrogens with zero attached hydrogens (tertiary/aromatic N) is 2. The summed E-state index contributed by atoms with van der Waals surface area (Å²) in [5, 5.41) is 3.77. The lowest BCUT2D eigenvalue weighted by atomic mass is 10.0. The summed E-state index contributed by atoms with van der Waals surface area (Å²) in [5.74, 6) is -0.358. The third-order valence-corrected chi connectivity index (χ3v) is 6.12. The Morgan fingerprint density at radius 3 is 2.53 bits per heavy atom. The molecule has 0 atom stereocenters. The summed E-state index contributed by atoms with van der Waals surface area (Å²) < 4.78 is 11.4. The average Bonchev–Trinajstić information content (AvgIpc) is 3.28. The Kier molecular flexibility index (Phi) is 5.88. The van der Waals surface area contributed by atoms with Gasteiger partial charge in [0.2, 0.25) is 0 Å². The Bertz CT molecular complexity index is 1520. The number of ether oxygens (including phenoxy) is 2. The number of carbonyl (C=O) groups excluding carboxylic acids is 2. The van der Waals surface area contributed by atoms with E-state index in [9.17, 15) is 9.59 Å². The molecule has 0 spiro atoms. The molecule has 0 aliphatic carbocycles. The van der Waals surface area contributed by atoms with Gasteiger partial charge in [-0.3, -0.25) is 10.1 Å². The number of rotatable bonds is 6. The third-order valence-electron chi connectivity index (χ3n) is 5.18. The van der Waals surface area contributed by atoms with Gasteiger partial charge in [0, 0.05) is 10.9 Å². The number of hydrogen-bond donors (Lipinski definition) is 1. The number of benzene rings is 3. The molecular weight excluding hydrogens is 450 g/mol. The normalized spacial score (nSPS) is 10.9. The maximum atomic E-state index is 13.0. The molecular formula is C26H19N3O4S. The molecule has 3 aromatic carbocycles. The first-order valence-corrected chi connectivity index (χ1v) is 11.3. The number of anilines is 1. The number of thiazole rings is 1. The molecule has 0 aliphatic rings. The SMILES string of the molecule is COc1ccc2nc(NC(=O)COC(=O)c3cc(-c4ccccc4)nc4ccccc34)sc2c1. The van der Waals surface area contributed by atoms with Crippen LogP contribution in [0.25, 0.3) is 32.4 Å². The zero-order valence-corrected chi connectivity index (χ0v) is 19.0. The van der Waals surface area contributed by atoms with Crippen molar-refractivity contribution in [3.8, 4) is 17.0 Å². The third kappa shape index (κ3) is 4.44. The molecule has 2 heterocycles. The molecule has 2 aromatic heterocycles. The number of amides is 1. The molecule has 168 valence electrons. The van der Waals surface area contributed by atoms with Gasteiger partial charge in [0.1, 0.15) is 5.75 Å². The Balaban J connectivity index is 1.33. The molecule has 7 nitrogen and oxygen atoms in total. The molecule has 1 amide bonds. The van der Waals surface area contributed by atoms with Crippen LogP contribution in [0.15, 0.2) is 78.9 Å². The van der Waals surface area contributed by atoms with Crippen molar-refractivity contribution in [2.45, 2.75) is 0 Å². The molecule has 0 saturated carbocycles. The van der Waals surface area contributed by atoms with E-state index in [-0.39, 0.29) is 0 Å². The van der Waals surface area contributed by atoms with Crippen LogP contribution in [-0.4, -0.2) is 35.6 Å². The zero-order chi connectivity index (χ0) is 23.5. The van der Waals surface area contributed by atoms with Crippen LogP contribution in [0.2, 0.25) is 0 Å². The summed E-state index contributed by atoms with van der Waals surface area (Å²) in [4.78, 5) is 34.4. The van der Waals surface area contributed by atoms with E-state index >= 15 is 0 Å². The molecule has 34 heavy (non-hydrogen) atoms. The van der Waals surface area contributed by atoms with Gasteiger partial charge in [-0.2, -0.15) is 0 Å². The van der Waals surface area contributed by atoms with Crippen LogP contribution in [0.1, 0.15) is 10.4 Å². The largest absolute Gasteiger partial charge is 0.497 e. The van der Waals surface area contributed by atoms with Gasteiger partial charge in [0.05, 0.1) is 34.1 Å². The monoisotopic (exact) mass is 469 g/mol. The Hall–Kier alpha value is -4.30. The molecule has 5 aromatic rings. The number of esters is 1.